The molecule has 2 amide bonds. The molecule has 0 aliphatic carbocycles. The van der Waals surface area contributed by atoms with Crippen LogP contribution in [0.3, 0.4) is 0 Å². The number of rotatable bonds is 2. The van der Waals surface area contributed by atoms with Gasteiger partial charge in [-0.2, -0.15) is 0 Å². The fraction of sp³-hybridized carbons (Fsp3) is 0.846. The van der Waals surface area contributed by atoms with Crippen molar-refractivity contribution in [2.75, 3.05) is 39.8 Å². The first-order valence-electron chi connectivity index (χ1n) is 7.04. The van der Waals surface area contributed by atoms with Crippen molar-refractivity contribution in [2.24, 2.45) is 5.73 Å². The predicted molar refractivity (Wildman–Crippen MR) is 72.5 cm³/mol. The van der Waals surface area contributed by atoms with Crippen LogP contribution in [0.15, 0.2) is 0 Å². The number of carbonyl (C=O) groups excluding carboxylic acids is 2. The number of nitrogens with zero attached hydrogens (tertiary/aromatic N) is 3. The summed E-state index contributed by atoms with van der Waals surface area (Å²) in [4.78, 5) is 30.3. The van der Waals surface area contributed by atoms with Gasteiger partial charge in [-0.1, -0.05) is 0 Å². The van der Waals surface area contributed by atoms with Crippen molar-refractivity contribution in [3.63, 3.8) is 0 Å². The molecule has 2 atom stereocenters. The van der Waals surface area contributed by atoms with E-state index in [-0.39, 0.29) is 17.9 Å². The van der Waals surface area contributed by atoms with Crippen molar-refractivity contribution in [3.05, 3.63) is 0 Å². The highest BCUT2D eigenvalue weighted by Crippen LogP contribution is 2.20. The van der Waals surface area contributed by atoms with Crippen LogP contribution in [0.25, 0.3) is 0 Å². The first-order chi connectivity index (χ1) is 9.00. The zero-order valence-corrected chi connectivity index (χ0v) is 11.8. The Morgan fingerprint density at radius 3 is 2.37 bits per heavy atom. The van der Waals surface area contributed by atoms with Crippen LogP contribution in [0.4, 0.5) is 0 Å². The van der Waals surface area contributed by atoms with Gasteiger partial charge in [0.15, 0.2) is 0 Å². The van der Waals surface area contributed by atoms with E-state index in [0.29, 0.717) is 6.54 Å². The normalized spacial score (nSPS) is 26.6. The van der Waals surface area contributed by atoms with Gasteiger partial charge in [-0.25, -0.2) is 0 Å². The van der Waals surface area contributed by atoms with Gasteiger partial charge >= 0.3 is 0 Å². The van der Waals surface area contributed by atoms with Crippen LogP contribution in [0.1, 0.15) is 19.8 Å². The van der Waals surface area contributed by atoms with Gasteiger partial charge in [-0.3, -0.25) is 9.59 Å². The standard InChI is InChI=1S/C13H24N4O2/c1-10(14)12(18)17-5-3-4-11(17)13(19)16-8-6-15(2)7-9-16/h10-11H,3-9,14H2,1-2H3/t10-,11-/m0/s1. The smallest absolute Gasteiger partial charge is 0.245 e. The van der Waals surface area contributed by atoms with Gasteiger partial charge in [0.05, 0.1) is 6.04 Å². The second kappa shape index (κ2) is 5.88. The summed E-state index contributed by atoms with van der Waals surface area (Å²) < 4.78 is 0. The van der Waals surface area contributed by atoms with Crippen LogP contribution in [0, 0.1) is 0 Å². The third-order valence-corrected chi connectivity index (χ3v) is 4.03. The van der Waals surface area contributed by atoms with Crippen LogP contribution < -0.4 is 5.73 Å². The van der Waals surface area contributed by atoms with Crippen molar-refractivity contribution in [1.29, 1.82) is 0 Å². The molecule has 2 aliphatic rings. The Balaban J connectivity index is 1.99. The van der Waals surface area contributed by atoms with E-state index in [4.69, 9.17) is 5.73 Å². The molecule has 0 aromatic rings. The summed E-state index contributed by atoms with van der Waals surface area (Å²) in [6, 6.07) is -0.817. The number of hydrogen-bond donors (Lipinski definition) is 1. The van der Waals surface area contributed by atoms with Crippen LogP contribution in [0.5, 0.6) is 0 Å². The highest BCUT2D eigenvalue weighted by molar-refractivity contribution is 5.90. The lowest BCUT2D eigenvalue weighted by molar-refractivity contribution is -0.145. The van der Waals surface area contributed by atoms with E-state index in [1.807, 2.05) is 4.90 Å². The third-order valence-electron chi connectivity index (χ3n) is 4.03. The Kier molecular flexibility index (Phi) is 4.42. The SMILES string of the molecule is C[C@H](N)C(=O)N1CCC[C@H]1C(=O)N1CCN(C)CC1. The molecule has 2 aliphatic heterocycles. The summed E-state index contributed by atoms with van der Waals surface area (Å²) in [5.74, 6) is -0.00965. The van der Waals surface area contributed by atoms with E-state index in [2.05, 4.69) is 11.9 Å². The first-order valence-corrected chi connectivity index (χ1v) is 7.04. The quantitative estimate of drug-likeness (QED) is 0.704. The van der Waals surface area contributed by atoms with Crippen molar-refractivity contribution >= 4 is 11.8 Å². The molecule has 0 unspecified atom stereocenters. The van der Waals surface area contributed by atoms with Crippen molar-refractivity contribution in [3.8, 4) is 0 Å². The summed E-state index contributed by atoms with van der Waals surface area (Å²) in [5.41, 5.74) is 5.65. The number of carbonyl (C=O) groups is 2. The highest BCUT2D eigenvalue weighted by Gasteiger charge is 2.37. The fourth-order valence-corrected chi connectivity index (χ4v) is 2.79. The van der Waals surface area contributed by atoms with Crippen molar-refractivity contribution in [1.82, 2.24) is 14.7 Å². The number of likely N-dealkylation sites (N-methyl/N-ethyl adjacent to an activating group) is 1. The Hall–Kier alpha value is -1.14. The Labute approximate surface area is 114 Å². The second-order valence-electron chi connectivity index (χ2n) is 5.61. The fourth-order valence-electron chi connectivity index (χ4n) is 2.79. The topological polar surface area (TPSA) is 69.9 Å². The third kappa shape index (κ3) is 3.06. The van der Waals surface area contributed by atoms with Crippen molar-refractivity contribution < 1.29 is 9.59 Å². The summed E-state index contributed by atoms with van der Waals surface area (Å²) in [5, 5.41) is 0. The Morgan fingerprint density at radius 1 is 1.16 bits per heavy atom. The van der Waals surface area contributed by atoms with Gasteiger partial charge < -0.3 is 20.4 Å². The Bertz CT molecular complexity index is 351. The van der Waals surface area contributed by atoms with Gasteiger partial charge in [0, 0.05) is 32.7 Å². The number of likely N-dealkylation sites (tertiary alicyclic amines) is 1. The van der Waals surface area contributed by atoms with Gasteiger partial charge in [0.25, 0.3) is 0 Å². The molecule has 2 fully saturated rings. The van der Waals surface area contributed by atoms with E-state index in [1.165, 1.54) is 0 Å². The minimum Gasteiger partial charge on any atom is -0.338 e. The van der Waals surface area contributed by atoms with E-state index in [1.54, 1.807) is 11.8 Å². The maximum Gasteiger partial charge on any atom is 0.245 e. The molecule has 19 heavy (non-hydrogen) atoms. The van der Waals surface area contributed by atoms with E-state index < -0.39 is 6.04 Å². The second-order valence-corrected chi connectivity index (χ2v) is 5.61. The molecule has 2 N–H and O–H groups in total. The van der Waals surface area contributed by atoms with Crippen molar-refractivity contribution in [2.45, 2.75) is 31.8 Å². The number of amides is 2. The van der Waals surface area contributed by atoms with Crippen LogP contribution in [0.2, 0.25) is 0 Å². The van der Waals surface area contributed by atoms with Gasteiger partial charge in [0.2, 0.25) is 11.8 Å². The average Bonchev–Trinajstić information content (AvgIpc) is 2.86. The maximum atomic E-state index is 12.5. The predicted octanol–water partition coefficient (Wildman–Crippen LogP) is -0.901. The molecule has 0 saturated carbocycles. The van der Waals surface area contributed by atoms with Gasteiger partial charge in [-0.15, -0.1) is 0 Å². The van der Waals surface area contributed by atoms with E-state index >= 15 is 0 Å². The molecular weight excluding hydrogens is 244 g/mol. The monoisotopic (exact) mass is 268 g/mol. The first kappa shape index (κ1) is 14.3. The number of piperazine rings is 1. The molecule has 6 heteroatoms. The lowest BCUT2D eigenvalue weighted by Gasteiger charge is -2.36. The molecule has 108 valence electrons. The molecule has 0 bridgehead atoms. The van der Waals surface area contributed by atoms with Crippen LogP contribution in [-0.4, -0.2) is 78.4 Å². The van der Waals surface area contributed by atoms with Gasteiger partial charge in [-0.05, 0) is 26.8 Å². The summed E-state index contributed by atoms with van der Waals surface area (Å²) >= 11 is 0. The molecule has 0 radical (unpaired) electrons. The summed E-state index contributed by atoms with van der Waals surface area (Å²) in [6.45, 7) is 5.65. The largest absolute Gasteiger partial charge is 0.338 e. The van der Waals surface area contributed by atoms with E-state index in [0.717, 1.165) is 39.0 Å². The van der Waals surface area contributed by atoms with Gasteiger partial charge in [0.1, 0.15) is 6.04 Å². The lowest BCUT2D eigenvalue weighted by atomic mass is 10.1. The zero-order valence-electron chi connectivity index (χ0n) is 11.8. The minimum absolute atomic E-state index is 0.0969. The minimum atomic E-state index is -0.527. The van der Waals surface area contributed by atoms with Crippen LogP contribution in [-0.2, 0) is 9.59 Å². The highest BCUT2D eigenvalue weighted by atomic mass is 16.2. The molecular formula is C13H24N4O2. The van der Waals surface area contributed by atoms with Crippen LogP contribution >= 0.6 is 0 Å². The molecule has 0 aromatic carbocycles. The molecule has 0 aromatic heterocycles. The number of hydrogen-bond acceptors (Lipinski definition) is 4. The average molecular weight is 268 g/mol. The zero-order chi connectivity index (χ0) is 14.0. The molecule has 0 spiro atoms. The molecule has 6 nitrogen and oxygen atoms in total. The number of nitrogens with two attached hydrogens (primary N) is 1. The summed E-state index contributed by atoms with van der Waals surface area (Å²) in [7, 11) is 2.06. The summed E-state index contributed by atoms with van der Waals surface area (Å²) in [6.07, 6.45) is 1.66. The van der Waals surface area contributed by atoms with E-state index in [9.17, 15) is 9.59 Å². The molecule has 2 rings (SSSR count). The molecule has 2 saturated heterocycles. The maximum absolute atomic E-state index is 12.5. The lowest BCUT2D eigenvalue weighted by Crippen LogP contribution is -2.55. The Morgan fingerprint density at radius 2 is 1.79 bits per heavy atom. The molecule has 2 heterocycles.